The van der Waals surface area contributed by atoms with Crippen molar-refractivity contribution in [2.24, 2.45) is 7.05 Å². The Bertz CT molecular complexity index is 537. The van der Waals surface area contributed by atoms with Gasteiger partial charge >= 0.3 is 0 Å². The summed E-state index contributed by atoms with van der Waals surface area (Å²) in [4.78, 5) is 11.6. The number of hydrogen-bond donors (Lipinski definition) is 1. The van der Waals surface area contributed by atoms with E-state index in [2.05, 4.69) is 10.4 Å². The van der Waals surface area contributed by atoms with Crippen LogP contribution in [-0.4, -0.2) is 22.3 Å². The third-order valence-corrected chi connectivity index (χ3v) is 2.42. The summed E-state index contributed by atoms with van der Waals surface area (Å²) in [6, 6.07) is 8.52. The van der Waals surface area contributed by atoms with Crippen molar-refractivity contribution >= 4 is 23.3 Å². The zero-order chi connectivity index (χ0) is 13.0. The average molecular weight is 266 g/mol. The number of carbonyl (C=O) groups excluding carboxylic acids is 1. The molecule has 0 saturated heterocycles. The summed E-state index contributed by atoms with van der Waals surface area (Å²) in [5.41, 5.74) is 0. The molecule has 0 atom stereocenters. The van der Waals surface area contributed by atoms with Gasteiger partial charge in [0.05, 0.1) is 0 Å². The summed E-state index contributed by atoms with van der Waals surface area (Å²) < 4.78 is 6.90. The first-order valence-electron chi connectivity index (χ1n) is 5.31. The molecule has 0 aliphatic heterocycles. The molecular formula is C12H12ClN3O2. The number of halogens is 1. The molecule has 5 nitrogen and oxygen atoms in total. The zero-order valence-corrected chi connectivity index (χ0v) is 10.5. The number of anilines is 1. The molecule has 0 fully saturated rings. The van der Waals surface area contributed by atoms with Gasteiger partial charge in [0.1, 0.15) is 5.75 Å². The highest BCUT2D eigenvalue weighted by molar-refractivity contribution is 6.30. The van der Waals surface area contributed by atoms with Crippen molar-refractivity contribution in [3.8, 4) is 5.75 Å². The Morgan fingerprint density at radius 1 is 1.39 bits per heavy atom. The van der Waals surface area contributed by atoms with E-state index in [-0.39, 0.29) is 12.5 Å². The van der Waals surface area contributed by atoms with Crippen LogP contribution in [-0.2, 0) is 11.8 Å². The highest BCUT2D eigenvalue weighted by atomic mass is 35.5. The fourth-order valence-electron chi connectivity index (χ4n) is 1.34. The van der Waals surface area contributed by atoms with Crippen molar-refractivity contribution in [2.45, 2.75) is 0 Å². The fourth-order valence-corrected chi connectivity index (χ4v) is 1.47. The maximum atomic E-state index is 11.6. The van der Waals surface area contributed by atoms with Gasteiger partial charge in [-0.2, -0.15) is 5.10 Å². The molecule has 0 spiro atoms. The molecule has 94 valence electrons. The molecule has 1 heterocycles. The van der Waals surface area contributed by atoms with Gasteiger partial charge in [-0.3, -0.25) is 9.48 Å². The predicted octanol–water partition coefficient (Wildman–Crippen LogP) is 2.09. The third-order valence-electron chi connectivity index (χ3n) is 2.16. The van der Waals surface area contributed by atoms with E-state index in [4.69, 9.17) is 16.3 Å². The number of hydrogen-bond acceptors (Lipinski definition) is 3. The van der Waals surface area contributed by atoms with E-state index in [0.29, 0.717) is 16.6 Å². The van der Waals surface area contributed by atoms with Crippen molar-refractivity contribution in [3.05, 3.63) is 41.6 Å². The Labute approximate surface area is 109 Å². The molecule has 18 heavy (non-hydrogen) atoms. The van der Waals surface area contributed by atoms with Crippen molar-refractivity contribution in [1.29, 1.82) is 0 Å². The van der Waals surface area contributed by atoms with Crippen molar-refractivity contribution in [1.82, 2.24) is 9.78 Å². The minimum Gasteiger partial charge on any atom is -0.484 e. The number of carbonyl (C=O) groups is 1. The SMILES string of the molecule is Cn1ccc(NC(=O)COc2ccc(Cl)cc2)n1. The Morgan fingerprint density at radius 3 is 2.72 bits per heavy atom. The van der Waals surface area contributed by atoms with Crippen LogP contribution in [0.2, 0.25) is 5.02 Å². The normalized spacial score (nSPS) is 10.1. The second-order valence-corrected chi connectivity index (χ2v) is 4.10. The number of aryl methyl sites for hydroxylation is 1. The van der Waals surface area contributed by atoms with Crippen LogP contribution in [0, 0.1) is 0 Å². The van der Waals surface area contributed by atoms with E-state index < -0.39 is 0 Å². The number of nitrogens with one attached hydrogen (secondary N) is 1. The molecule has 0 aliphatic rings. The lowest BCUT2D eigenvalue weighted by Crippen LogP contribution is -2.20. The maximum Gasteiger partial charge on any atom is 0.263 e. The van der Waals surface area contributed by atoms with Gasteiger partial charge in [0, 0.05) is 24.3 Å². The first kappa shape index (κ1) is 12.4. The third kappa shape index (κ3) is 3.49. The molecule has 1 amide bonds. The summed E-state index contributed by atoms with van der Waals surface area (Å²) in [5.74, 6) is 0.835. The maximum absolute atomic E-state index is 11.6. The largest absolute Gasteiger partial charge is 0.484 e. The van der Waals surface area contributed by atoms with Crippen LogP contribution in [0.25, 0.3) is 0 Å². The number of aromatic nitrogens is 2. The number of ether oxygens (including phenoxy) is 1. The van der Waals surface area contributed by atoms with Crippen LogP contribution in [0.3, 0.4) is 0 Å². The standard InChI is InChI=1S/C12H12ClN3O2/c1-16-7-6-11(15-16)14-12(17)8-18-10-4-2-9(13)3-5-10/h2-7H,8H2,1H3,(H,14,15,17). The number of nitrogens with zero attached hydrogens (tertiary/aromatic N) is 2. The Balaban J connectivity index is 1.83. The molecule has 0 radical (unpaired) electrons. The molecule has 2 rings (SSSR count). The molecular weight excluding hydrogens is 254 g/mol. The summed E-state index contributed by atoms with van der Waals surface area (Å²) in [6.07, 6.45) is 1.75. The van der Waals surface area contributed by atoms with Crippen LogP contribution < -0.4 is 10.1 Å². The van der Waals surface area contributed by atoms with Crippen molar-refractivity contribution in [3.63, 3.8) is 0 Å². The Hall–Kier alpha value is -2.01. The van der Waals surface area contributed by atoms with E-state index in [0.717, 1.165) is 0 Å². The van der Waals surface area contributed by atoms with Crippen LogP contribution >= 0.6 is 11.6 Å². The summed E-state index contributed by atoms with van der Waals surface area (Å²) in [6.45, 7) is -0.0712. The van der Waals surface area contributed by atoms with Gasteiger partial charge in [-0.05, 0) is 24.3 Å². The molecule has 0 unspecified atom stereocenters. The summed E-state index contributed by atoms with van der Waals surface area (Å²) >= 11 is 5.74. The molecule has 0 saturated carbocycles. The van der Waals surface area contributed by atoms with Crippen LogP contribution in [0.15, 0.2) is 36.5 Å². The fraction of sp³-hybridized carbons (Fsp3) is 0.167. The zero-order valence-electron chi connectivity index (χ0n) is 9.76. The lowest BCUT2D eigenvalue weighted by atomic mass is 10.3. The topological polar surface area (TPSA) is 56.2 Å². The molecule has 1 aromatic carbocycles. The van der Waals surface area contributed by atoms with E-state index >= 15 is 0 Å². The van der Waals surface area contributed by atoms with E-state index in [1.54, 1.807) is 48.3 Å². The van der Waals surface area contributed by atoms with Crippen molar-refractivity contribution in [2.75, 3.05) is 11.9 Å². The van der Waals surface area contributed by atoms with Crippen molar-refractivity contribution < 1.29 is 9.53 Å². The second-order valence-electron chi connectivity index (χ2n) is 3.67. The van der Waals surface area contributed by atoms with Gasteiger partial charge in [-0.1, -0.05) is 11.6 Å². The van der Waals surface area contributed by atoms with E-state index in [1.807, 2.05) is 0 Å². The molecule has 0 aliphatic carbocycles. The lowest BCUT2D eigenvalue weighted by molar-refractivity contribution is -0.118. The first-order chi connectivity index (χ1) is 8.63. The van der Waals surface area contributed by atoms with Crippen LogP contribution in [0.4, 0.5) is 5.82 Å². The smallest absolute Gasteiger partial charge is 0.263 e. The molecule has 2 aromatic rings. The van der Waals surface area contributed by atoms with Crippen LogP contribution in [0.5, 0.6) is 5.75 Å². The van der Waals surface area contributed by atoms with Gasteiger partial charge in [0.25, 0.3) is 5.91 Å². The Kier molecular flexibility index (Phi) is 3.84. The van der Waals surface area contributed by atoms with Gasteiger partial charge in [0.15, 0.2) is 12.4 Å². The van der Waals surface area contributed by atoms with Gasteiger partial charge in [-0.25, -0.2) is 0 Å². The van der Waals surface area contributed by atoms with E-state index in [9.17, 15) is 4.79 Å². The van der Waals surface area contributed by atoms with Gasteiger partial charge in [-0.15, -0.1) is 0 Å². The minimum atomic E-state index is -0.261. The number of benzene rings is 1. The molecule has 1 N–H and O–H groups in total. The van der Waals surface area contributed by atoms with E-state index in [1.165, 1.54) is 0 Å². The molecule has 6 heteroatoms. The average Bonchev–Trinajstić information content (AvgIpc) is 2.74. The monoisotopic (exact) mass is 265 g/mol. The second kappa shape index (κ2) is 5.55. The number of rotatable bonds is 4. The van der Waals surface area contributed by atoms with Gasteiger partial charge < -0.3 is 10.1 Å². The van der Waals surface area contributed by atoms with Crippen LogP contribution in [0.1, 0.15) is 0 Å². The molecule has 1 aromatic heterocycles. The first-order valence-corrected chi connectivity index (χ1v) is 5.69. The quantitative estimate of drug-likeness (QED) is 0.921. The predicted molar refractivity (Wildman–Crippen MR) is 68.8 cm³/mol. The van der Waals surface area contributed by atoms with Gasteiger partial charge in [0.2, 0.25) is 0 Å². The summed E-state index contributed by atoms with van der Waals surface area (Å²) in [7, 11) is 1.78. The molecule has 0 bridgehead atoms. The minimum absolute atomic E-state index is 0.0712. The highest BCUT2D eigenvalue weighted by Gasteiger charge is 2.05. The highest BCUT2D eigenvalue weighted by Crippen LogP contribution is 2.15. The summed E-state index contributed by atoms with van der Waals surface area (Å²) in [5, 5.41) is 7.28. The Morgan fingerprint density at radius 2 is 2.11 bits per heavy atom. The number of amides is 1. The lowest BCUT2D eigenvalue weighted by Gasteiger charge is -2.05.